The molecule has 2 N–H and O–H groups in total. The van der Waals surface area contributed by atoms with E-state index < -0.39 is 16.0 Å². The minimum Gasteiger partial charge on any atom is -0.478 e. The number of carboxylic acids is 1. The number of carbonyl (C=O) groups is 1. The molecular weight excluding hydrogens is 278 g/mol. The Labute approximate surface area is 110 Å². The SMILES string of the molecule is C#CCCNS(=O)(=O)c1ccc(C(=O)O)c(Cl)c1. The van der Waals surface area contributed by atoms with Crippen LogP contribution in [0.2, 0.25) is 5.02 Å². The van der Waals surface area contributed by atoms with E-state index in [1.165, 1.54) is 6.07 Å². The van der Waals surface area contributed by atoms with Gasteiger partial charge in [-0.1, -0.05) is 11.6 Å². The lowest BCUT2D eigenvalue weighted by molar-refractivity contribution is 0.0697. The Morgan fingerprint density at radius 3 is 2.67 bits per heavy atom. The molecule has 0 saturated heterocycles. The van der Waals surface area contributed by atoms with Crippen molar-refractivity contribution in [2.45, 2.75) is 11.3 Å². The lowest BCUT2D eigenvalue weighted by Crippen LogP contribution is -2.24. The van der Waals surface area contributed by atoms with E-state index in [1.807, 2.05) is 0 Å². The van der Waals surface area contributed by atoms with Crippen LogP contribution in [0.4, 0.5) is 0 Å². The molecule has 0 atom stereocenters. The fraction of sp³-hybridized carbons (Fsp3) is 0.182. The lowest BCUT2D eigenvalue weighted by Gasteiger charge is -2.06. The number of aromatic carboxylic acids is 1. The Hall–Kier alpha value is -1.55. The van der Waals surface area contributed by atoms with E-state index in [1.54, 1.807) is 0 Å². The molecule has 0 aromatic heterocycles. The van der Waals surface area contributed by atoms with Gasteiger partial charge in [0.2, 0.25) is 10.0 Å². The monoisotopic (exact) mass is 287 g/mol. The molecule has 1 aromatic carbocycles. The fourth-order valence-electron chi connectivity index (χ4n) is 1.18. The van der Waals surface area contributed by atoms with Gasteiger partial charge in [-0.05, 0) is 18.2 Å². The first-order valence-corrected chi connectivity index (χ1v) is 6.70. The molecule has 0 radical (unpaired) electrons. The molecule has 0 bridgehead atoms. The lowest BCUT2D eigenvalue weighted by atomic mass is 10.2. The second-order valence-corrected chi connectivity index (χ2v) is 5.47. The van der Waals surface area contributed by atoms with Crippen LogP contribution in [0.5, 0.6) is 0 Å². The van der Waals surface area contributed by atoms with Crippen molar-refractivity contribution in [3.05, 3.63) is 28.8 Å². The van der Waals surface area contributed by atoms with Gasteiger partial charge < -0.3 is 5.11 Å². The normalized spacial score (nSPS) is 10.9. The average Bonchev–Trinajstić information content (AvgIpc) is 2.28. The zero-order chi connectivity index (χ0) is 13.8. The summed E-state index contributed by atoms with van der Waals surface area (Å²) in [5, 5.41) is 8.62. The summed E-state index contributed by atoms with van der Waals surface area (Å²) in [6, 6.07) is 3.40. The van der Waals surface area contributed by atoms with E-state index in [0.29, 0.717) is 0 Å². The van der Waals surface area contributed by atoms with Crippen LogP contribution in [0.3, 0.4) is 0 Å². The highest BCUT2D eigenvalue weighted by Crippen LogP contribution is 2.20. The molecule has 0 amide bonds. The van der Waals surface area contributed by atoms with Gasteiger partial charge in [-0.25, -0.2) is 17.9 Å². The third kappa shape index (κ3) is 3.47. The summed E-state index contributed by atoms with van der Waals surface area (Å²) in [5.41, 5.74) is -0.153. The maximum atomic E-state index is 11.8. The maximum absolute atomic E-state index is 11.8. The van der Waals surface area contributed by atoms with Crippen molar-refractivity contribution in [2.24, 2.45) is 0 Å². The molecule has 0 spiro atoms. The summed E-state index contributed by atoms with van der Waals surface area (Å²) >= 11 is 5.69. The van der Waals surface area contributed by atoms with E-state index in [4.69, 9.17) is 23.1 Å². The number of hydrogen-bond acceptors (Lipinski definition) is 3. The van der Waals surface area contributed by atoms with E-state index in [9.17, 15) is 13.2 Å². The summed E-state index contributed by atoms with van der Waals surface area (Å²) in [7, 11) is -3.72. The quantitative estimate of drug-likeness (QED) is 0.632. The first-order valence-electron chi connectivity index (χ1n) is 4.84. The Morgan fingerprint density at radius 1 is 1.50 bits per heavy atom. The molecule has 0 fully saturated rings. The van der Waals surface area contributed by atoms with Crippen LogP contribution in [-0.4, -0.2) is 26.0 Å². The summed E-state index contributed by atoms with van der Waals surface area (Å²) < 4.78 is 25.8. The van der Waals surface area contributed by atoms with E-state index in [-0.39, 0.29) is 28.4 Å². The van der Waals surface area contributed by atoms with Crippen molar-refractivity contribution in [1.29, 1.82) is 0 Å². The molecule has 1 aromatic rings. The highest BCUT2D eigenvalue weighted by molar-refractivity contribution is 7.89. The molecule has 0 aliphatic rings. The van der Waals surface area contributed by atoms with Gasteiger partial charge in [0, 0.05) is 13.0 Å². The van der Waals surface area contributed by atoms with Crippen LogP contribution in [-0.2, 0) is 10.0 Å². The number of carboxylic acid groups (broad SMARTS) is 1. The Morgan fingerprint density at radius 2 is 2.17 bits per heavy atom. The second kappa shape index (κ2) is 5.87. The van der Waals surface area contributed by atoms with Gasteiger partial charge in [0.25, 0.3) is 0 Å². The van der Waals surface area contributed by atoms with Crippen molar-refractivity contribution in [2.75, 3.05) is 6.54 Å². The highest BCUT2D eigenvalue weighted by Gasteiger charge is 2.16. The molecule has 0 heterocycles. The zero-order valence-corrected chi connectivity index (χ0v) is 10.8. The van der Waals surface area contributed by atoms with Crippen molar-refractivity contribution in [3.8, 4) is 12.3 Å². The van der Waals surface area contributed by atoms with E-state index >= 15 is 0 Å². The minimum absolute atomic E-state index is 0.102. The first kappa shape index (κ1) is 14.5. The summed E-state index contributed by atoms with van der Waals surface area (Å²) in [5.74, 6) is 1.08. The predicted molar refractivity (Wildman–Crippen MR) is 67.0 cm³/mol. The van der Waals surface area contributed by atoms with Crippen LogP contribution >= 0.6 is 11.6 Å². The predicted octanol–water partition coefficient (Wildman–Crippen LogP) is 1.34. The van der Waals surface area contributed by atoms with Gasteiger partial charge in [-0.2, -0.15) is 0 Å². The topological polar surface area (TPSA) is 83.5 Å². The van der Waals surface area contributed by atoms with Crippen LogP contribution in [0.15, 0.2) is 23.1 Å². The summed E-state index contributed by atoms with van der Waals surface area (Å²) in [4.78, 5) is 10.6. The number of benzene rings is 1. The van der Waals surface area contributed by atoms with Gasteiger partial charge in [-0.15, -0.1) is 12.3 Å². The zero-order valence-electron chi connectivity index (χ0n) is 9.18. The number of rotatable bonds is 5. The van der Waals surface area contributed by atoms with Crippen molar-refractivity contribution < 1.29 is 18.3 Å². The summed E-state index contributed by atoms with van der Waals surface area (Å²) in [6.45, 7) is 0.108. The molecule has 96 valence electrons. The van der Waals surface area contributed by atoms with E-state index in [0.717, 1.165) is 12.1 Å². The third-order valence-electron chi connectivity index (χ3n) is 2.04. The van der Waals surface area contributed by atoms with Gasteiger partial charge in [-0.3, -0.25) is 0 Å². The second-order valence-electron chi connectivity index (χ2n) is 3.30. The standard InChI is InChI=1S/C11H10ClNO4S/c1-2-3-6-13-18(16,17)8-4-5-9(11(14)15)10(12)7-8/h1,4-5,7,13H,3,6H2,(H,14,15). The number of sulfonamides is 1. The molecule has 0 aliphatic carbocycles. The molecule has 5 nitrogen and oxygen atoms in total. The average molecular weight is 288 g/mol. The number of nitrogens with one attached hydrogen (secondary N) is 1. The van der Waals surface area contributed by atoms with Crippen molar-refractivity contribution >= 4 is 27.6 Å². The number of hydrogen-bond donors (Lipinski definition) is 2. The minimum atomic E-state index is -3.72. The van der Waals surface area contributed by atoms with Crippen LogP contribution in [0.1, 0.15) is 16.8 Å². The molecule has 18 heavy (non-hydrogen) atoms. The van der Waals surface area contributed by atoms with Crippen LogP contribution < -0.4 is 4.72 Å². The van der Waals surface area contributed by atoms with Gasteiger partial charge in [0.1, 0.15) is 0 Å². The summed E-state index contributed by atoms with van der Waals surface area (Å²) in [6.07, 6.45) is 5.27. The van der Waals surface area contributed by atoms with Gasteiger partial charge in [0.15, 0.2) is 0 Å². The number of terminal acetylenes is 1. The molecular formula is C11H10ClNO4S. The van der Waals surface area contributed by atoms with Crippen molar-refractivity contribution in [1.82, 2.24) is 4.72 Å². The fourth-order valence-corrected chi connectivity index (χ4v) is 2.56. The Kier molecular flexibility index (Phi) is 4.73. The van der Waals surface area contributed by atoms with Crippen molar-refractivity contribution in [3.63, 3.8) is 0 Å². The molecule has 0 aliphatic heterocycles. The van der Waals surface area contributed by atoms with Crippen LogP contribution in [0, 0.1) is 12.3 Å². The largest absolute Gasteiger partial charge is 0.478 e. The van der Waals surface area contributed by atoms with Crippen LogP contribution in [0.25, 0.3) is 0 Å². The van der Waals surface area contributed by atoms with Gasteiger partial charge in [0.05, 0.1) is 15.5 Å². The molecule has 7 heteroatoms. The van der Waals surface area contributed by atoms with Gasteiger partial charge >= 0.3 is 5.97 Å². The molecule has 1 rings (SSSR count). The van der Waals surface area contributed by atoms with E-state index in [2.05, 4.69) is 10.6 Å². The third-order valence-corrected chi connectivity index (χ3v) is 3.81. The maximum Gasteiger partial charge on any atom is 0.337 e. The first-order chi connectivity index (χ1) is 8.38. The Balaban J connectivity index is 3.01. The number of halogens is 1. The Bertz CT molecular complexity index is 604. The molecule has 0 unspecified atom stereocenters. The molecule has 0 saturated carbocycles. The highest BCUT2D eigenvalue weighted by atomic mass is 35.5. The smallest absolute Gasteiger partial charge is 0.337 e.